The Labute approximate surface area is 128 Å². The van der Waals surface area contributed by atoms with Crippen molar-refractivity contribution in [2.75, 3.05) is 7.11 Å². The van der Waals surface area contributed by atoms with Crippen LogP contribution in [0.3, 0.4) is 0 Å². The van der Waals surface area contributed by atoms with Gasteiger partial charge in [0.2, 0.25) is 0 Å². The van der Waals surface area contributed by atoms with Gasteiger partial charge < -0.3 is 4.74 Å². The van der Waals surface area contributed by atoms with Crippen LogP contribution in [-0.2, 0) is 6.54 Å². The summed E-state index contributed by atoms with van der Waals surface area (Å²) in [6, 6.07) is 8.06. The Kier molecular flexibility index (Phi) is 4.29. The summed E-state index contributed by atoms with van der Waals surface area (Å²) in [6.45, 7) is 7.62. The first kappa shape index (κ1) is 14.5. The van der Waals surface area contributed by atoms with Gasteiger partial charge in [0.05, 0.1) is 19.0 Å². The van der Waals surface area contributed by atoms with E-state index in [1.165, 1.54) is 10.9 Å². The van der Waals surface area contributed by atoms with E-state index in [2.05, 4.69) is 64.7 Å². The Balaban J connectivity index is 2.21. The Morgan fingerprint density at radius 3 is 2.32 bits per heavy atom. The molecule has 2 aromatic rings. The molecule has 4 nitrogen and oxygen atoms in total. The molecular weight excluding hydrogens is 369 g/mol. The molecule has 0 radical (unpaired) electrons. The van der Waals surface area contributed by atoms with Crippen LogP contribution in [0.1, 0.15) is 5.56 Å². The highest BCUT2D eigenvalue weighted by molar-refractivity contribution is 14.1. The van der Waals surface area contributed by atoms with E-state index in [9.17, 15) is 0 Å². The van der Waals surface area contributed by atoms with Crippen LogP contribution in [0.25, 0.3) is 0 Å². The maximum absolute atomic E-state index is 5.16. The molecule has 0 N–H and O–H groups in total. The highest BCUT2D eigenvalue weighted by Gasteiger charge is 2.25. The van der Waals surface area contributed by atoms with E-state index >= 15 is 0 Å². The second-order valence-electron chi connectivity index (χ2n) is 5.48. The number of hydrogen-bond acceptors (Lipinski definition) is 3. The van der Waals surface area contributed by atoms with E-state index in [0.29, 0.717) is 0 Å². The minimum absolute atomic E-state index is 0.750. The average Bonchev–Trinajstić information content (AvgIpc) is 2.72. The molecule has 2 rings (SSSR count). The zero-order valence-electron chi connectivity index (χ0n) is 11.6. The van der Waals surface area contributed by atoms with Crippen LogP contribution < -0.4 is 10.1 Å². The molecular formula is C13H18IN3OSi. The Hall–Kier alpha value is -0.893. The standard InChI is InChI=1S/C13H18IN3OSi/c1-18-11-7-5-10(6-8-11)9-17-12(14)13(15-16-17)19(2,3)4/h5-8H,9H2,1-4H3. The second-order valence-corrected chi connectivity index (χ2v) is 11.5. The van der Waals surface area contributed by atoms with Gasteiger partial charge in [-0.25, -0.2) is 4.68 Å². The SMILES string of the molecule is COc1ccc(Cn2nnc([Si](C)(C)C)c2I)cc1. The van der Waals surface area contributed by atoms with Crippen molar-refractivity contribution >= 4 is 36.0 Å². The first-order valence-corrected chi connectivity index (χ1v) is 10.7. The van der Waals surface area contributed by atoms with Gasteiger partial charge in [-0.3, -0.25) is 0 Å². The van der Waals surface area contributed by atoms with Crippen LogP contribution in [0.4, 0.5) is 0 Å². The van der Waals surface area contributed by atoms with Gasteiger partial charge in [0.15, 0.2) is 0 Å². The summed E-state index contributed by atoms with van der Waals surface area (Å²) < 4.78 is 8.29. The lowest BCUT2D eigenvalue weighted by Crippen LogP contribution is -2.41. The second kappa shape index (κ2) is 5.62. The maximum Gasteiger partial charge on any atom is 0.118 e. The summed E-state index contributed by atoms with van der Waals surface area (Å²) >= 11 is 2.35. The molecule has 0 amide bonds. The Bertz CT molecular complexity index is 560. The summed E-state index contributed by atoms with van der Waals surface area (Å²) in [5.74, 6) is 0.875. The normalized spacial score (nSPS) is 11.6. The third-order valence-electron chi connectivity index (χ3n) is 2.88. The van der Waals surface area contributed by atoms with E-state index < -0.39 is 8.07 Å². The molecule has 0 aliphatic carbocycles. The number of benzene rings is 1. The topological polar surface area (TPSA) is 39.9 Å². The Morgan fingerprint density at radius 1 is 1.21 bits per heavy atom. The summed E-state index contributed by atoms with van der Waals surface area (Å²) in [7, 11) is 0.265. The number of halogens is 1. The van der Waals surface area contributed by atoms with Gasteiger partial charge in [0.25, 0.3) is 0 Å². The summed E-state index contributed by atoms with van der Waals surface area (Å²) in [5.41, 5.74) is 1.20. The molecule has 0 saturated heterocycles. The van der Waals surface area contributed by atoms with Gasteiger partial charge in [0.1, 0.15) is 17.5 Å². The number of ether oxygens (including phenoxy) is 1. The zero-order valence-corrected chi connectivity index (χ0v) is 14.8. The van der Waals surface area contributed by atoms with Gasteiger partial charge in [-0.05, 0) is 40.3 Å². The smallest absolute Gasteiger partial charge is 0.118 e. The van der Waals surface area contributed by atoms with Crippen molar-refractivity contribution in [2.45, 2.75) is 26.2 Å². The van der Waals surface area contributed by atoms with Crippen LogP contribution in [-0.4, -0.2) is 30.2 Å². The average molecular weight is 387 g/mol. The van der Waals surface area contributed by atoms with E-state index in [1.54, 1.807) is 7.11 Å². The van der Waals surface area contributed by atoms with E-state index in [-0.39, 0.29) is 0 Å². The van der Waals surface area contributed by atoms with Gasteiger partial charge >= 0.3 is 0 Å². The maximum atomic E-state index is 5.16. The van der Waals surface area contributed by atoms with Gasteiger partial charge in [-0.2, -0.15) is 0 Å². The highest BCUT2D eigenvalue weighted by atomic mass is 127. The molecule has 0 bridgehead atoms. The monoisotopic (exact) mass is 387 g/mol. The molecule has 102 valence electrons. The quantitative estimate of drug-likeness (QED) is 0.598. The van der Waals surface area contributed by atoms with Gasteiger partial charge in [0, 0.05) is 0 Å². The van der Waals surface area contributed by atoms with E-state index in [1.807, 2.05) is 16.8 Å². The van der Waals surface area contributed by atoms with E-state index in [0.717, 1.165) is 16.0 Å². The van der Waals surface area contributed by atoms with Crippen LogP contribution in [0, 0.1) is 3.70 Å². The van der Waals surface area contributed by atoms with Crippen molar-refractivity contribution in [3.8, 4) is 5.75 Å². The molecule has 1 heterocycles. The molecule has 0 fully saturated rings. The van der Waals surface area contributed by atoms with Crippen molar-refractivity contribution in [3.63, 3.8) is 0 Å². The number of rotatable bonds is 4. The van der Waals surface area contributed by atoms with E-state index in [4.69, 9.17) is 4.74 Å². The molecule has 0 saturated carbocycles. The highest BCUT2D eigenvalue weighted by Crippen LogP contribution is 2.14. The largest absolute Gasteiger partial charge is 0.497 e. The number of aromatic nitrogens is 3. The molecule has 0 unspecified atom stereocenters. The van der Waals surface area contributed by atoms with Crippen molar-refractivity contribution in [2.24, 2.45) is 0 Å². The Morgan fingerprint density at radius 2 is 1.84 bits per heavy atom. The van der Waals surface area contributed by atoms with Crippen molar-refractivity contribution in [1.29, 1.82) is 0 Å². The molecule has 19 heavy (non-hydrogen) atoms. The van der Waals surface area contributed by atoms with Crippen molar-refractivity contribution in [3.05, 3.63) is 33.5 Å². The zero-order chi connectivity index (χ0) is 14.0. The first-order valence-electron chi connectivity index (χ1n) is 6.14. The van der Waals surface area contributed by atoms with Crippen molar-refractivity contribution < 1.29 is 4.74 Å². The number of methoxy groups -OCH3 is 1. The van der Waals surface area contributed by atoms with Crippen LogP contribution in [0.15, 0.2) is 24.3 Å². The van der Waals surface area contributed by atoms with Crippen LogP contribution >= 0.6 is 22.6 Å². The first-order chi connectivity index (χ1) is 8.91. The number of hydrogen-bond donors (Lipinski definition) is 0. The molecule has 1 aromatic heterocycles. The summed E-state index contributed by atoms with van der Waals surface area (Å²) in [6.07, 6.45) is 0. The van der Waals surface area contributed by atoms with Crippen LogP contribution in [0.5, 0.6) is 5.75 Å². The summed E-state index contributed by atoms with van der Waals surface area (Å²) in [4.78, 5) is 0. The fourth-order valence-corrected chi connectivity index (χ4v) is 5.66. The minimum Gasteiger partial charge on any atom is -0.497 e. The minimum atomic E-state index is -1.41. The molecule has 0 aliphatic rings. The fraction of sp³-hybridized carbons (Fsp3) is 0.385. The van der Waals surface area contributed by atoms with Crippen molar-refractivity contribution in [1.82, 2.24) is 15.0 Å². The molecule has 6 heteroatoms. The predicted octanol–water partition coefficient (Wildman–Crippen LogP) is 2.48. The molecule has 0 atom stereocenters. The lowest BCUT2D eigenvalue weighted by Gasteiger charge is -2.12. The molecule has 0 spiro atoms. The number of nitrogens with zero attached hydrogens (tertiary/aromatic N) is 3. The van der Waals surface area contributed by atoms with Gasteiger partial charge in [-0.15, -0.1) is 5.10 Å². The third-order valence-corrected chi connectivity index (χ3v) is 6.21. The summed E-state index contributed by atoms with van der Waals surface area (Å²) in [5, 5.41) is 9.82. The van der Waals surface area contributed by atoms with Crippen LogP contribution in [0.2, 0.25) is 19.6 Å². The molecule has 0 aliphatic heterocycles. The molecule has 1 aromatic carbocycles. The fourth-order valence-electron chi connectivity index (χ4n) is 1.77. The lowest BCUT2D eigenvalue weighted by atomic mass is 10.2. The lowest BCUT2D eigenvalue weighted by molar-refractivity contribution is 0.414. The predicted molar refractivity (Wildman–Crippen MR) is 87.8 cm³/mol. The third kappa shape index (κ3) is 3.36. The van der Waals surface area contributed by atoms with Gasteiger partial charge in [-0.1, -0.05) is 37.0 Å².